The maximum Gasteiger partial charge on any atom is 0.141 e. The first-order chi connectivity index (χ1) is 7.66. The van der Waals surface area contributed by atoms with Crippen LogP contribution in [0.5, 0.6) is 0 Å². The molecule has 0 aromatic carbocycles. The Labute approximate surface area is 96.1 Å². The van der Waals surface area contributed by atoms with Crippen LogP contribution in [0.25, 0.3) is 0 Å². The van der Waals surface area contributed by atoms with Crippen LogP contribution in [0.1, 0.15) is 27.2 Å². The van der Waals surface area contributed by atoms with Gasteiger partial charge in [0.2, 0.25) is 0 Å². The van der Waals surface area contributed by atoms with Gasteiger partial charge in [0.05, 0.1) is 0 Å². The van der Waals surface area contributed by atoms with Crippen molar-refractivity contribution in [2.45, 2.75) is 27.2 Å². The minimum atomic E-state index is 0.506. The second kappa shape index (κ2) is 4.60. The first-order valence-electron chi connectivity index (χ1n) is 5.73. The summed E-state index contributed by atoms with van der Waals surface area (Å²) < 4.78 is 1.64. The summed E-state index contributed by atoms with van der Waals surface area (Å²) in [5.41, 5.74) is 1.49. The first-order valence-corrected chi connectivity index (χ1v) is 5.73. The molecule has 3 atom stereocenters. The molecule has 1 aromatic rings. The van der Waals surface area contributed by atoms with Crippen LogP contribution < -0.4 is 0 Å². The Balaban J connectivity index is 2.10. The van der Waals surface area contributed by atoms with Gasteiger partial charge in [0, 0.05) is 12.1 Å². The second-order valence-corrected chi connectivity index (χ2v) is 4.74. The van der Waals surface area contributed by atoms with Crippen LogP contribution in [0.3, 0.4) is 0 Å². The van der Waals surface area contributed by atoms with E-state index < -0.39 is 0 Å². The molecule has 0 unspecified atom stereocenters. The van der Waals surface area contributed by atoms with E-state index in [1.54, 1.807) is 17.3 Å². The molecule has 0 saturated carbocycles. The molecule has 2 rings (SSSR count). The molecule has 0 aliphatic heterocycles. The van der Waals surface area contributed by atoms with E-state index in [1.807, 2.05) is 6.21 Å². The second-order valence-electron chi connectivity index (χ2n) is 4.74. The zero-order valence-electron chi connectivity index (χ0n) is 10.0. The lowest BCUT2D eigenvalue weighted by molar-refractivity contribution is 0.361. The van der Waals surface area contributed by atoms with E-state index in [4.69, 9.17) is 0 Å². The van der Waals surface area contributed by atoms with Crippen LogP contribution in [0.15, 0.2) is 29.4 Å². The van der Waals surface area contributed by atoms with E-state index >= 15 is 0 Å². The quantitative estimate of drug-likeness (QED) is 0.565. The fraction of sp³-hybridized carbons (Fsp3) is 0.583. The van der Waals surface area contributed by atoms with Gasteiger partial charge in [-0.3, -0.25) is 0 Å². The van der Waals surface area contributed by atoms with E-state index in [-0.39, 0.29) is 0 Å². The van der Waals surface area contributed by atoms with Crippen LogP contribution in [-0.2, 0) is 0 Å². The zero-order valence-corrected chi connectivity index (χ0v) is 10.0. The van der Waals surface area contributed by atoms with E-state index in [9.17, 15) is 0 Å². The van der Waals surface area contributed by atoms with Gasteiger partial charge in [-0.1, -0.05) is 25.5 Å². The lowest BCUT2D eigenvalue weighted by Crippen LogP contribution is -2.24. The minimum absolute atomic E-state index is 0.506. The summed E-state index contributed by atoms with van der Waals surface area (Å²) in [4.78, 5) is 0. The molecule has 0 saturated heterocycles. The Hall–Kier alpha value is -1.45. The minimum Gasteiger partial charge on any atom is -0.208 e. The van der Waals surface area contributed by atoms with Gasteiger partial charge in [-0.15, -0.1) is 10.2 Å². The third-order valence-electron chi connectivity index (χ3n) is 3.23. The predicted octanol–water partition coefficient (Wildman–Crippen LogP) is 2.35. The number of aromatic nitrogens is 3. The van der Waals surface area contributed by atoms with Crippen LogP contribution in [0, 0.1) is 17.8 Å². The summed E-state index contributed by atoms with van der Waals surface area (Å²) in [6, 6.07) is 0. The Bertz CT molecular complexity index is 391. The number of nitrogens with zero attached hydrogens (tertiary/aromatic N) is 4. The van der Waals surface area contributed by atoms with E-state index in [1.165, 1.54) is 12.0 Å². The predicted molar refractivity (Wildman–Crippen MR) is 64.1 cm³/mol. The monoisotopic (exact) mass is 218 g/mol. The molecule has 0 fully saturated rings. The molecule has 1 aromatic heterocycles. The SMILES string of the molecule is CC1=C[C@H](C)[C@H](/C=N\n2cnnc2)[C@H](C)C1. The van der Waals surface area contributed by atoms with Crippen molar-refractivity contribution >= 4 is 6.21 Å². The van der Waals surface area contributed by atoms with Gasteiger partial charge < -0.3 is 0 Å². The molecular weight excluding hydrogens is 200 g/mol. The summed E-state index contributed by atoms with van der Waals surface area (Å²) in [5.74, 6) is 1.72. The summed E-state index contributed by atoms with van der Waals surface area (Å²) in [6.07, 6.45) is 8.76. The van der Waals surface area contributed by atoms with Crippen molar-refractivity contribution < 1.29 is 0 Å². The van der Waals surface area contributed by atoms with Crippen LogP contribution in [-0.4, -0.2) is 21.1 Å². The van der Waals surface area contributed by atoms with E-state index in [0.717, 1.165) is 0 Å². The molecule has 0 bridgehead atoms. The van der Waals surface area contributed by atoms with Crippen molar-refractivity contribution in [2.24, 2.45) is 22.9 Å². The van der Waals surface area contributed by atoms with E-state index in [2.05, 4.69) is 42.1 Å². The topological polar surface area (TPSA) is 43.1 Å². The van der Waals surface area contributed by atoms with Crippen molar-refractivity contribution in [2.75, 3.05) is 0 Å². The maximum atomic E-state index is 4.35. The average Bonchev–Trinajstić information content (AvgIpc) is 2.68. The highest BCUT2D eigenvalue weighted by Crippen LogP contribution is 2.32. The summed E-state index contributed by atoms with van der Waals surface area (Å²) in [5, 5.41) is 11.8. The maximum absolute atomic E-state index is 4.35. The van der Waals surface area contributed by atoms with Crippen molar-refractivity contribution in [3.05, 3.63) is 24.3 Å². The molecule has 4 nitrogen and oxygen atoms in total. The van der Waals surface area contributed by atoms with Crippen molar-refractivity contribution in [1.29, 1.82) is 0 Å². The Morgan fingerprint density at radius 1 is 1.38 bits per heavy atom. The highest BCUT2D eigenvalue weighted by atomic mass is 15.4. The average molecular weight is 218 g/mol. The highest BCUT2D eigenvalue weighted by molar-refractivity contribution is 5.62. The Kier molecular flexibility index (Phi) is 3.17. The number of hydrogen-bond acceptors (Lipinski definition) is 3. The molecule has 1 heterocycles. The molecule has 16 heavy (non-hydrogen) atoms. The fourth-order valence-electron chi connectivity index (χ4n) is 2.48. The number of rotatable bonds is 2. The van der Waals surface area contributed by atoms with Gasteiger partial charge in [0.25, 0.3) is 0 Å². The van der Waals surface area contributed by atoms with Crippen LogP contribution >= 0.6 is 0 Å². The number of allylic oxidation sites excluding steroid dienone is 2. The van der Waals surface area contributed by atoms with Crippen molar-refractivity contribution in [3.63, 3.8) is 0 Å². The third-order valence-corrected chi connectivity index (χ3v) is 3.23. The smallest absolute Gasteiger partial charge is 0.141 e. The summed E-state index contributed by atoms with van der Waals surface area (Å²) in [7, 11) is 0. The molecule has 4 heteroatoms. The molecule has 0 spiro atoms. The highest BCUT2D eigenvalue weighted by Gasteiger charge is 2.25. The van der Waals surface area contributed by atoms with Gasteiger partial charge in [-0.25, -0.2) is 4.68 Å². The lowest BCUT2D eigenvalue weighted by atomic mass is 9.76. The molecule has 0 radical (unpaired) electrons. The van der Waals surface area contributed by atoms with Gasteiger partial charge in [0.15, 0.2) is 0 Å². The molecule has 0 N–H and O–H groups in total. The molecule has 86 valence electrons. The molecule has 1 aliphatic rings. The number of hydrogen-bond donors (Lipinski definition) is 0. The van der Waals surface area contributed by atoms with Crippen LogP contribution in [0.2, 0.25) is 0 Å². The van der Waals surface area contributed by atoms with Crippen molar-refractivity contribution in [3.8, 4) is 0 Å². The van der Waals surface area contributed by atoms with Gasteiger partial charge in [0.1, 0.15) is 12.7 Å². The zero-order chi connectivity index (χ0) is 11.5. The van der Waals surface area contributed by atoms with Gasteiger partial charge in [-0.05, 0) is 25.2 Å². The first kappa shape index (κ1) is 11.0. The molecular formula is C12H18N4. The summed E-state index contributed by atoms with van der Waals surface area (Å²) in [6.45, 7) is 6.75. The molecule has 1 aliphatic carbocycles. The summed E-state index contributed by atoms with van der Waals surface area (Å²) >= 11 is 0. The lowest BCUT2D eigenvalue weighted by Gasteiger charge is -2.29. The Morgan fingerprint density at radius 3 is 2.69 bits per heavy atom. The Morgan fingerprint density at radius 2 is 2.06 bits per heavy atom. The fourth-order valence-corrected chi connectivity index (χ4v) is 2.48. The van der Waals surface area contributed by atoms with Crippen LogP contribution in [0.4, 0.5) is 0 Å². The molecule has 0 amide bonds. The standard InChI is InChI=1S/C12H18N4/c1-9-4-10(2)12(11(3)5-9)6-15-16-7-13-14-8-16/h4,6-8,10-12H,5H2,1-3H3/b15-6-/t10-,11+,12-/m0/s1. The van der Waals surface area contributed by atoms with Gasteiger partial charge >= 0.3 is 0 Å². The normalized spacial score (nSPS) is 30.7. The van der Waals surface area contributed by atoms with Crippen molar-refractivity contribution in [1.82, 2.24) is 14.9 Å². The van der Waals surface area contributed by atoms with E-state index in [0.29, 0.717) is 17.8 Å². The van der Waals surface area contributed by atoms with Gasteiger partial charge in [-0.2, -0.15) is 5.10 Å². The third kappa shape index (κ3) is 2.38. The largest absolute Gasteiger partial charge is 0.208 e.